The standard InChI is InChI=1S/C21H23N3O5/c1-14(28-15-8-6-5-7-9-15)21(25)24(2)13-19-22-20(23-29-19)17-11-10-16(26-3)12-18(17)27-4/h5-12,14H,13H2,1-4H3/t14-/m1/s1. The number of hydrogen-bond acceptors (Lipinski definition) is 7. The summed E-state index contributed by atoms with van der Waals surface area (Å²) in [6.45, 7) is 1.86. The maximum atomic E-state index is 12.6. The number of aromatic nitrogens is 2. The van der Waals surface area contributed by atoms with E-state index >= 15 is 0 Å². The number of para-hydroxylation sites is 1. The number of carbonyl (C=O) groups excluding carboxylic acids is 1. The van der Waals surface area contributed by atoms with Crippen molar-refractivity contribution in [3.8, 4) is 28.6 Å². The molecule has 3 rings (SSSR count). The van der Waals surface area contributed by atoms with Gasteiger partial charge < -0.3 is 23.6 Å². The topological polar surface area (TPSA) is 86.9 Å². The molecule has 0 aliphatic heterocycles. The summed E-state index contributed by atoms with van der Waals surface area (Å²) in [5.74, 6) is 2.33. The fourth-order valence-corrected chi connectivity index (χ4v) is 2.76. The highest BCUT2D eigenvalue weighted by Crippen LogP contribution is 2.31. The van der Waals surface area contributed by atoms with Crippen LogP contribution in [0.2, 0.25) is 0 Å². The molecule has 0 fully saturated rings. The third kappa shape index (κ3) is 4.84. The van der Waals surface area contributed by atoms with Crippen LogP contribution in [0, 0.1) is 0 Å². The molecule has 1 aromatic heterocycles. The molecule has 0 N–H and O–H groups in total. The van der Waals surface area contributed by atoms with Crippen molar-refractivity contribution < 1.29 is 23.5 Å². The highest BCUT2D eigenvalue weighted by atomic mass is 16.5. The second-order valence-corrected chi connectivity index (χ2v) is 6.35. The van der Waals surface area contributed by atoms with E-state index in [2.05, 4.69) is 10.1 Å². The Kier molecular flexibility index (Phi) is 6.33. The Hall–Kier alpha value is -3.55. The van der Waals surface area contributed by atoms with Crippen LogP contribution in [0.25, 0.3) is 11.4 Å². The Morgan fingerprint density at radius 1 is 1.10 bits per heavy atom. The molecule has 0 radical (unpaired) electrons. The van der Waals surface area contributed by atoms with Gasteiger partial charge in [-0.15, -0.1) is 0 Å². The smallest absolute Gasteiger partial charge is 0.263 e. The maximum Gasteiger partial charge on any atom is 0.263 e. The fourth-order valence-electron chi connectivity index (χ4n) is 2.76. The van der Waals surface area contributed by atoms with Gasteiger partial charge in [0.25, 0.3) is 5.91 Å². The lowest BCUT2D eigenvalue weighted by Crippen LogP contribution is -2.37. The van der Waals surface area contributed by atoms with E-state index in [9.17, 15) is 4.79 Å². The van der Waals surface area contributed by atoms with Gasteiger partial charge in [-0.3, -0.25) is 4.79 Å². The number of rotatable bonds is 8. The number of ether oxygens (including phenoxy) is 3. The van der Waals surface area contributed by atoms with Gasteiger partial charge in [0.1, 0.15) is 17.2 Å². The molecule has 29 heavy (non-hydrogen) atoms. The lowest BCUT2D eigenvalue weighted by molar-refractivity contribution is -0.137. The van der Waals surface area contributed by atoms with Gasteiger partial charge >= 0.3 is 0 Å². The molecule has 8 heteroatoms. The van der Waals surface area contributed by atoms with Crippen LogP contribution < -0.4 is 14.2 Å². The van der Waals surface area contributed by atoms with Gasteiger partial charge in [0.2, 0.25) is 11.7 Å². The second-order valence-electron chi connectivity index (χ2n) is 6.35. The quantitative estimate of drug-likeness (QED) is 0.577. The third-order valence-corrected chi connectivity index (χ3v) is 4.27. The van der Waals surface area contributed by atoms with E-state index in [1.54, 1.807) is 58.5 Å². The van der Waals surface area contributed by atoms with Crippen LogP contribution in [0.5, 0.6) is 17.2 Å². The normalized spacial score (nSPS) is 11.6. The number of hydrogen-bond donors (Lipinski definition) is 0. The second kappa shape index (κ2) is 9.09. The Morgan fingerprint density at radius 3 is 2.55 bits per heavy atom. The van der Waals surface area contributed by atoms with Crippen LogP contribution >= 0.6 is 0 Å². The van der Waals surface area contributed by atoms with Crippen LogP contribution in [-0.2, 0) is 11.3 Å². The van der Waals surface area contributed by atoms with Crippen molar-refractivity contribution in [2.24, 2.45) is 0 Å². The SMILES string of the molecule is COc1ccc(-c2noc(CN(C)C(=O)[C@@H](C)Oc3ccccc3)n2)c(OC)c1. The molecule has 0 saturated carbocycles. The predicted octanol–water partition coefficient (Wildman–Crippen LogP) is 3.18. The first-order chi connectivity index (χ1) is 14.0. The van der Waals surface area contributed by atoms with Crippen molar-refractivity contribution in [1.29, 1.82) is 0 Å². The van der Waals surface area contributed by atoms with Crippen LogP contribution in [0.1, 0.15) is 12.8 Å². The molecule has 1 heterocycles. The van der Waals surface area contributed by atoms with Crippen molar-refractivity contribution in [2.45, 2.75) is 19.6 Å². The summed E-state index contributed by atoms with van der Waals surface area (Å²) in [5.41, 5.74) is 0.665. The number of methoxy groups -OCH3 is 2. The summed E-state index contributed by atoms with van der Waals surface area (Å²) >= 11 is 0. The van der Waals surface area contributed by atoms with Crippen LogP contribution in [0.15, 0.2) is 53.1 Å². The zero-order valence-electron chi connectivity index (χ0n) is 16.8. The number of benzene rings is 2. The predicted molar refractivity (Wildman–Crippen MR) is 106 cm³/mol. The Morgan fingerprint density at radius 2 is 1.86 bits per heavy atom. The third-order valence-electron chi connectivity index (χ3n) is 4.27. The molecule has 1 atom stereocenters. The molecule has 152 valence electrons. The van der Waals surface area contributed by atoms with Crippen molar-refractivity contribution in [3.63, 3.8) is 0 Å². The van der Waals surface area contributed by atoms with Crippen LogP contribution in [0.4, 0.5) is 0 Å². The molecule has 0 aliphatic rings. The lowest BCUT2D eigenvalue weighted by atomic mass is 10.2. The highest BCUT2D eigenvalue weighted by molar-refractivity contribution is 5.80. The molecule has 8 nitrogen and oxygen atoms in total. The van der Waals surface area contributed by atoms with Gasteiger partial charge in [0.05, 0.1) is 26.3 Å². The van der Waals surface area contributed by atoms with E-state index in [4.69, 9.17) is 18.7 Å². The average Bonchev–Trinajstić information content (AvgIpc) is 3.21. The fraction of sp³-hybridized carbons (Fsp3) is 0.286. The van der Waals surface area contributed by atoms with Gasteiger partial charge in [-0.2, -0.15) is 4.98 Å². The van der Waals surface area contributed by atoms with Crippen molar-refractivity contribution in [1.82, 2.24) is 15.0 Å². The molecule has 0 spiro atoms. The first kappa shape index (κ1) is 20.2. The summed E-state index contributed by atoms with van der Waals surface area (Å²) in [6, 6.07) is 14.5. The molecular formula is C21H23N3O5. The molecular weight excluding hydrogens is 374 g/mol. The van der Waals surface area contributed by atoms with Crippen molar-refractivity contribution in [3.05, 3.63) is 54.4 Å². The van der Waals surface area contributed by atoms with E-state index in [-0.39, 0.29) is 12.5 Å². The van der Waals surface area contributed by atoms with Gasteiger partial charge in [-0.05, 0) is 31.2 Å². The van der Waals surface area contributed by atoms with Gasteiger partial charge in [-0.25, -0.2) is 0 Å². The number of nitrogens with zero attached hydrogens (tertiary/aromatic N) is 3. The summed E-state index contributed by atoms with van der Waals surface area (Å²) in [7, 11) is 4.79. The van der Waals surface area contributed by atoms with Gasteiger partial charge in [0, 0.05) is 13.1 Å². The first-order valence-corrected chi connectivity index (χ1v) is 9.03. The van der Waals surface area contributed by atoms with Crippen LogP contribution in [0.3, 0.4) is 0 Å². The zero-order valence-corrected chi connectivity index (χ0v) is 16.8. The summed E-state index contributed by atoms with van der Waals surface area (Å²) in [6.07, 6.45) is -0.647. The van der Waals surface area contributed by atoms with Crippen molar-refractivity contribution >= 4 is 5.91 Å². The van der Waals surface area contributed by atoms with Crippen molar-refractivity contribution in [2.75, 3.05) is 21.3 Å². The van der Waals surface area contributed by atoms with E-state index in [0.29, 0.717) is 34.5 Å². The largest absolute Gasteiger partial charge is 0.497 e. The maximum absolute atomic E-state index is 12.6. The van der Waals surface area contributed by atoms with E-state index < -0.39 is 6.10 Å². The van der Waals surface area contributed by atoms with E-state index in [0.717, 1.165) is 0 Å². The molecule has 0 bridgehead atoms. The van der Waals surface area contributed by atoms with E-state index in [1.165, 1.54) is 4.90 Å². The zero-order chi connectivity index (χ0) is 20.8. The first-order valence-electron chi connectivity index (χ1n) is 9.03. The minimum atomic E-state index is -0.647. The monoisotopic (exact) mass is 397 g/mol. The molecule has 0 saturated heterocycles. The summed E-state index contributed by atoms with van der Waals surface area (Å²) in [5, 5.41) is 4.00. The Bertz CT molecular complexity index is 958. The molecule has 0 unspecified atom stereocenters. The highest BCUT2D eigenvalue weighted by Gasteiger charge is 2.22. The van der Waals surface area contributed by atoms with Gasteiger partial charge in [0.15, 0.2) is 6.10 Å². The number of likely N-dealkylation sites (N-methyl/N-ethyl adjacent to an activating group) is 1. The van der Waals surface area contributed by atoms with E-state index in [1.807, 2.05) is 18.2 Å². The Balaban J connectivity index is 1.67. The lowest BCUT2D eigenvalue weighted by Gasteiger charge is -2.20. The summed E-state index contributed by atoms with van der Waals surface area (Å²) in [4.78, 5) is 18.4. The van der Waals surface area contributed by atoms with Gasteiger partial charge in [-0.1, -0.05) is 23.4 Å². The number of amides is 1. The van der Waals surface area contributed by atoms with Crippen LogP contribution in [-0.4, -0.2) is 48.3 Å². The molecule has 0 aliphatic carbocycles. The number of carbonyl (C=O) groups is 1. The minimum absolute atomic E-state index is 0.160. The molecule has 2 aromatic carbocycles. The molecule has 1 amide bonds. The molecule has 3 aromatic rings. The summed E-state index contributed by atoms with van der Waals surface area (Å²) < 4.78 is 21.6. The Labute approximate surface area is 169 Å². The minimum Gasteiger partial charge on any atom is -0.497 e. The average molecular weight is 397 g/mol.